The Morgan fingerprint density at radius 2 is 2.19 bits per heavy atom. The van der Waals surface area contributed by atoms with Crippen LogP contribution < -0.4 is 5.32 Å². The number of aromatic nitrogens is 1. The van der Waals surface area contributed by atoms with Crippen LogP contribution in [0.25, 0.3) is 0 Å². The third-order valence-electron chi connectivity index (χ3n) is 2.42. The van der Waals surface area contributed by atoms with Crippen LogP contribution >= 0.6 is 0 Å². The van der Waals surface area contributed by atoms with E-state index < -0.39 is 6.09 Å². The molecule has 1 rings (SSSR count). The zero-order valence-corrected chi connectivity index (χ0v) is 9.93. The van der Waals surface area contributed by atoms with Crippen LogP contribution in [0.1, 0.15) is 26.5 Å². The summed E-state index contributed by atoms with van der Waals surface area (Å²) in [5, 5.41) is 2.76. The number of ether oxygens (including phenoxy) is 1. The first-order valence-electron chi connectivity index (χ1n) is 5.43. The quantitative estimate of drug-likeness (QED) is 0.850. The SMILES string of the molecule is CC(C)[C@@H](C)NC(=O)OCc1ccccn1. The smallest absolute Gasteiger partial charge is 0.407 e. The lowest BCUT2D eigenvalue weighted by molar-refractivity contribution is 0.132. The number of nitrogens with one attached hydrogen (secondary N) is 1. The van der Waals surface area contributed by atoms with E-state index in [1.165, 1.54) is 0 Å². The summed E-state index contributed by atoms with van der Waals surface area (Å²) in [6.45, 7) is 6.25. The molecule has 4 heteroatoms. The van der Waals surface area contributed by atoms with Crippen molar-refractivity contribution in [3.63, 3.8) is 0 Å². The molecule has 0 saturated carbocycles. The Hall–Kier alpha value is -1.58. The van der Waals surface area contributed by atoms with Crippen molar-refractivity contribution in [3.05, 3.63) is 30.1 Å². The highest BCUT2D eigenvalue weighted by Crippen LogP contribution is 2.01. The van der Waals surface area contributed by atoms with Crippen LogP contribution in [0, 0.1) is 5.92 Å². The van der Waals surface area contributed by atoms with E-state index in [2.05, 4.69) is 10.3 Å². The maximum Gasteiger partial charge on any atom is 0.407 e. The lowest BCUT2D eigenvalue weighted by Crippen LogP contribution is -2.36. The van der Waals surface area contributed by atoms with E-state index >= 15 is 0 Å². The lowest BCUT2D eigenvalue weighted by atomic mass is 10.1. The highest BCUT2D eigenvalue weighted by molar-refractivity contribution is 5.67. The molecule has 0 saturated heterocycles. The van der Waals surface area contributed by atoms with Crippen molar-refractivity contribution in [2.45, 2.75) is 33.4 Å². The lowest BCUT2D eigenvalue weighted by Gasteiger charge is -2.16. The van der Waals surface area contributed by atoms with Gasteiger partial charge in [0.05, 0.1) is 5.69 Å². The molecular formula is C12H18N2O2. The van der Waals surface area contributed by atoms with Crippen LogP contribution in [-0.4, -0.2) is 17.1 Å². The predicted molar refractivity (Wildman–Crippen MR) is 61.9 cm³/mol. The highest BCUT2D eigenvalue weighted by atomic mass is 16.5. The Bertz CT molecular complexity index is 325. The Morgan fingerprint density at radius 3 is 2.75 bits per heavy atom. The van der Waals surface area contributed by atoms with Gasteiger partial charge in [-0.1, -0.05) is 19.9 Å². The molecule has 0 radical (unpaired) electrons. The van der Waals surface area contributed by atoms with E-state index in [4.69, 9.17) is 4.74 Å². The highest BCUT2D eigenvalue weighted by Gasteiger charge is 2.11. The largest absolute Gasteiger partial charge is 0.443 e. The molecule has 0 bridgehead atoms. The number of nitrogens with zero attached hydrogens (tertiary/aromatic N) is 1. The third kappa shape index (κ3) is 4.29. The molecule has 0 aromatic carbocycles. The van der Waals surface area contributed by atoms with Crippen molar-refractivity contribution in [1.29, 1.82) is 0 Å². The van der Waals surface area contributed by atoms with Gasteiger partial charge in [-0.15, -0.1) is 0 Å². The van der Waals surface area contributed by atoms with Crippen molar-refractivity contribution < 1.29 is 9.53 Å². The second-order valence-corrected chi connectivity index (χ2v) is 4.07. The van der Waals surface area contributed by atoms with Gasteiger partial charge in [-0.3, -0.25) is 4.98 Å². The van der Waals surface area contributed by atoms with Crippen molar-refractivity contribution in [2.24, 2.45) is 5.92 Å². The Kier molecular flexibility index (Phi) is 4.76. The summed E-state index contributed by atoms with van der Waals surface area (Å²) in [5.41, 5.74) is 0.745. The molecule has 1 amide bonds. The summed E-state index contributed by atoms with van der Waals surface area (Å²) in [6, 6.07) is 5.61. The van der Waals surface area contributed by atoms with Crippen LogP contribution in [0.3, 0.4) is 0 Å². The van der Waals surface area contributed by atoms with Crippen LogP contribution in [0.5, 0.6) is 0 Å². The first-order valence-corrected chi connectivity index (χ1v) is 5.43. The zero-order valence-electron chi connectivity index (χ0n) is 9.93. The molecule has 88 valence electrons. The van der Waals surface area contributed by atoms with Crippen LogP contribution in [0.4, 0.5) is 4.79 Å². The number of rotatable bonds is 4. The summed E-state index contributed by atoms with van der Waals surface area (Å²) >= 11 is 0. The molecule has 1 aromatic rings. The number of hydrogen-bond acceptors (Lipinski definition) is 3. The number of carbonyl (C=O) groups excluding carboxylic acids is 1. The van der Waals surface area contributed by atoms with E-state index in [-0.39, 0.29) is 12.6 Å². The van der Waals surface area contributed by atoms with Gasteiger partial charge in [0.25, 0.3) is 0 Å². The summed E-state index contributed by atoms with van der Waals surface area (Å²) in [4.78, 5) is 15.4. The number of carbonyl (C=O) groups is 1. The molecule has 1 aromatic heterocycles. The van der Waals surface area contributed by atoms with Gasteiger partial charge in [-0.2, -0.15) is 0 Å². The topological polar surface area (TPSA) is 51.2 Å². The number of amides is 1. The van der Waals surface area contributed by atoms with Gasteiger partial charge >= 0.3 is 6.09 Å². The molecule has 16 heavy (non-hydrogen) atoms. The fraction of sp³-hybridized carbons (Fsp3) is 0.500. The second-order valence-electron chi connectivity index (χ2n) is 4.07. The Balaban J connectivity index is 2.31. The molecule has 0 aliphatic carbocycles. The third-order valence-corrected chi connectivity index (χ3v) is 2.42. The van der Waals surface area contributed by atoms with Crippen LogP contribution in [0.2, 0.25) is 0 Å². The Morgan fingerprint density at radius 1 is 1.44 bits per heavy atom. The molecule has 0 aliphatic heterocycles. The average molecular weight is 222 g/mol. The molecule has 0 spiro atoms. The van der Waals surface area contributed by atoms with Crippen LogP contribution in [0.15, 0.2) is 24.4 Å². The number of pyridine rings is 1. The molecule has 1 atom stereocenters. The molecular weight excluding hydrogens is 204 g/mol. The summed E-state index contributed by atoms with van der Waals surface area (Å²) in [7, 11) is 0. The van der Waals surface area contributed by atoms with Gasteiger partial charge < -0.3 is 10.1 Å². The van der Waals surface area contributed by atoms with Crippen molar-refractivity contribution in [2.75, 3.05) is 0 Å². The minimum absolute atomic E-state index is 0.108. The Labute approximate surface area is 96.0 Å². The van der Waals surface area contributed by atoms with E-state index in [0.717, 1.165) is 5.69 Å². The van der Waals surface area contributed by atoms with E-state index in [9.17, 15) is 4.79 Å². The number of hydrogen-bond donors (Lipinski definition) is 1. The van der Waals surface area contributed by atoms with E-state index in [0.29, 0.717) is 5.92 Å². The summed E-state index contributed by atoms with van der Waals surface area (Å²) in [5.74, 6) is 0.391. The first-order chi connectivity index (χ1) is 7.59. The molecule has 0 aliphatic rings. The van der Waals surface area contributed by atoms with Gasteiger partial charge in [0, 0.05) is 12.2 Å². The predicted octanol–water partition coefficient (Wildman–Crippen LogP) is 2.35. The monoisotopic (exact) mass is 222 g/mol. The summed E-state index contributed by atoms with van der Waals surface area (Å²) in [6.07, 6.45) is 1.28. The fourth-order valence-electron chi connectivity index (χ4n) is 1.02. The molecule has 0 unspecified atom stereocenters. The van der Waals surface area contributed by atoms with E-state index in [1.54, 1.807) is 6.20 Å². The van der Waals surface area contributed by atoms with Crippen LogP contribution in [-0.2, 0) is 11.3 Å². The normalized spacial score (nSPS) is 12.2. The average Bonchev–Trinajstić information content (AvgIpc) is 2.27. The zero-order chi connectivity index (χ0) is 12.0. The molecule has 0 fully saturated rings. The maximum atomic E-state index is 11.4. The van der Waals surface area contributed by atoms with Gasteiger partial charge in [0.2, 0.25) is 0 Å². The van der Waals surface area contributed by atoms with Crippen molar-refractivity contribution in [3.8, 4) is 0 Å². The fourth-order valence-corrected chi connectivity index (χ4v) is 1.02. The van der Waals surface area contributed by atoms with Gasteiger partial charge in [-0.05, 0) is 25.0 Å². The van der Waals surface area contributed by atoms with E-state index in [1.807, 2.05) is 39.0 Å². The standard InChI is InChI=1S/C12H18N2O2/c1-9(2)10(3)14-12(15)16-8-11-6-4-5-7-13-11/h4-7,9-10H,8H2,1-3H3,(H,14,15)/t10-/m1/s1. The van der Waals surface area contributed by atoms with Crippen molar-refractivity contribution in [1.82, 2.24) is 10.3 Å². The molecule has 1 N–H and O–H groups in total. The first kappa shape index (κ1) is 12.5. The van der Waals surface area contributed by atoms with Gasteiger partial charge in [0.1, 0.15) is 6.61 Å². The summed E-state index contributed by atoms with van der Waals surface area (Å²) < 4.78 is 5.04. The second kappa shape index (κ2) is 6.10. The number of alkyl carbamates (subject to hydrolysis) is 1. The molecule has 4 nitrogen and oxygen atoms in total. The van der Waals surface area contributed by atoms with Gasteiger partial charge in [0.15, 0.2) is 0 Å². The minimum Gasteiger partial charge on any atom is -0.443 e. The van der Waals surface area contributed by atoms with Crippen molar-refractivity contribution >= 4 is 6.09 Å². The molecule has 1 heterocycles. The minimum atomic E-state index is -0.396. The maximum absolute atomic E-state index is 11.4. The van der Waals surface area contributed by atoms with Gasteiger partial charge in [-0.25, -0.2) is 4.79 Å².